The van der Waals surface area contributed by atoms with Crippen LogP contribution >= 0.6 is 0 Å². The number of anilines is 1. The zero-order valence-corrected chi connectivity index (χ0v) is 16.5. The maximum atomic E-state index is 12.0. The molecule has 2 aliphatic rings. The molecular formula is C18H27N3O5S. The number of nitrogens with one attached hydrogen (secondary N) is 1. The largest absolute Gasteiger partial charge is 0.379 e. The summed E-state index contributed by atoms with van der Waals surface area (Å²) in [5.41, 5.74) is -0.175. The van der Waals surface area contributed by atoms with Crippen LogP contribution in [0.15, 0.2) is 23.1 Å². The van der Waals surface area contributed by atoms with E-state index in [2.05, 4.69) is 10.2 Å². The predicted octanol–water partition coefficient (Wildman–Crippen LogP) is 2.45. The highest BCUT2D eigenvalue weighted by Crippen LogP contribution is 2.37. The number of rotatable bonds is 6. The lowest BCUT2D eigenvalue weighted by molar-refractivity contribution is -0.386. The summed E-state index contributed by atoms with van der Waals surface area (Å²) in [6.45, 7) is 3.66. The number of ether oxygens (including phenoxy) is 1. The molecule has 9 heteroatoms. The molecule has 1 saturated heterocycles. The van der Waals surface area contributed by atoms with E-state index in [4.69, 9.17) is 4.74 Å². The van der Waals surface area contributed by atoms with Crippen molar-refractivity contribution in [1.29, 1.82) is 0 Å². The standard InChI is InChI=1S/C18H27N3O5S/c1-27(24,25)16-7-5-6-15(17(16)21(22)23)19-14-18(8-3-2-4-9-18)20-10-12-26-13-11-20/h5-7,19H,2-4,8-14H2,1H3. The van der Waals surface area contributed by atoms with Crippen LogP contribution in [0.4, 0.5) is 11.4 Å². The fraction of sp³-hybridized carbons (Fsp3) is 0.667. The number of sulfone groups is 1. The molecule has 0 unspecified atom stereocenters. The summed E-state index contributed by atoms with van der Waals surface area (Å²) in [7, 11) is -3.69. The molecule has 150 valence electrons. The number of nitro benzene ring substituents is 1. The van der Waals surface area contributed by atoms with Crippen LogP contribution in [-0.4, -0.2) is 62.9 Å². The summed E-state index contributed by atoms with van der Waals surface area (Å²) in [5.74, 6) is 0. The van der Waals surface area contributed by atoms with E-state index in [1.807, 2.05) is 0 Å². The van der Waals surface area contributed by atoms with E-state index in [0.29, 0.717) is 19.8 Å². The molecule has 1 aromatic rings. The van der Waals surface area contributed by atoms with E-state index in [1.54, 1.807) is 12.1 Å². The fourth-order valence-corrected chi connectivity index (χ4v) is 5.13. The first-order chi connectivity index (χ1) is 12.8. The van der Waals surface area contributed by atoms with Crippen molar-refractivity contribution in [1.82, 2.24) is 4.90 Å². The molecular weight excluding hydrogens is 370 g/mol. The van der Waals surface area contributed by atoms with Gasteiger partial charge in [-0.1, -0.05) is 25.3 Å². The number of hydrogen-bond donors (Lipinski definition) is 1. The van der Waals surface area contributed by atoms with Gasteiger partial charge in [0.2, 0.25) is 0 Å². The minimum atomic E-state index is -3.69. The molecule has 0 radical (unpaired) electrons. The third kappa shape index (κ3) is 4.41. The van der Waals surface area contributed by atoms with E-state index in [1.165, 1.54) is 12.5 Å². The van der Waals surface area contributed by atoms with Gasteiger partial charge in [0.1, 0.15) is 10.6 Å². The van der Waals surface area contributed by atoms with Gasteiger partial charge in [0, 0.05) is 31.4 Å². The van der Waals surface area contributed by atoms with Crippen molar-refractivity contribution < 1.29 is 18.1 Å². The first kappa shape index (κ1) is 20.0. The van der Waals surface area contributed by atoms with Gasteiger partial charge in [0.25, 0.3) is 0 Å². The van der Waals surface area contributed by atoms with Crippen molar-refractivity contribution in [3.8, 4) is 0 Å². The highest BCUT2D eigenvalue weighted by molar-refractivity contribution is 7.90. The minimum Gasteiger partial charge on any atom is -0.379 e. The van der Waals surface area contributed by atoms with Crippen LogP contribution in [0.25, 0.3) is 0 Å². The smallest absolute Gasteiger partial charge is 0.310 e. The monoisotopic (exact) mass is 397 g/mol. The van der Waals surface area contributed by atoms with Crippen LogP contribution in [0.2, 0.25) is 0 Å². The van der Waals surface area contributed by atoms with Gasteiger partial charge in [-0.25, -0.2) is 8.42 Å². The topological polar surface area (TPSA) is 102 Å². The summed E-state index contributed by atoms with van der Waals surface area (Å²) >= 11 is 0. The molecule has 2 fully saturated rings. The van der Waals surface area contributed by atoms with E-state index in [9.17, 15) is 18.5 Å². The number of nitro groups is 1. The van der Waals surface area contributed by atoms with Crippen LogP contribution < -0.4 is 5.32 Å². The van der Waals surface area contributed by atoms with Gasteiger partial charge in [-0.2, -0.15) is 0 Å². The minimum absolute atomic E-state index is 0.0724. The molecule has 3 rings (SSSR count). The van der Waals surface area contributed by atoms with Crippen LogP contribution in [0, 0.1) is 10.1 Å². The van der Waals surface area contributed by atoms with Gasteiger partial charge in [-0.3, -0.25) is 15.0 Å². The second kappa shape index (κ2) is 8.12. The number of benzene rings is 1. The third-order valence-corrected chi connectivity index (χ3v) is 6.78. The highest BCUT2D eigenvalue weighted by Gasteiger charge is 2.39. The molecule has 1 saturated carbocycles. The van der Waals surface area contributed by atoms with Crippen LogP contribution in [0.3, 0.4) is 0 Å². The molecule has 1 N–H and O–H groups in total. The summed E-state index contributed by atoms with van der Waals surface area (Å²) in [6.07, 6.45) is 6.51. The molecule has 1 aliphatic carbocycles. The van der Waals surface area contributed by atoms with Crippen LogP contribution in [0.5, 0.6) is 0 Å². The van der Waals surface area contributed by atoms with Gasteiger partial charge in [-0.15, -0.1) is 0 Å². The van der Waals surface area contributed by atoms with Gasteiger partial charge in [-0.05, 0) is 25.0 Å². The summed E-state index contributed by atoms with van der Waals surface area (Å²) in [6, 6.07) is 4.42. The molecule has 1 heterocycles. The molecule has 0 aromatic heterocycles. The Morgan fingerprint density at radius 2 is 1.89 bits per heavy atom. The first-order valence-corrected chi connectivity index (χ1v) is 11.3. The predicted molar refractivity (Wildman–Crippen MR) is 103 cm³/mol. The van der Waals surface area contributed by atoms with Gasteiger partial charge >= 0.3 is 5.69 Å². The van der Waals surface area contributed by atoms with Crippen molar-refractivity contribution >= 4 is 21.2 Å². The second-order valence-corrected chi connectivity index (χ2v) is 9.40. The first-order valence-electron chi connectivity index (χ1n) is 9.38. The molecule has 0 atom stereocenters. The van der Waals surface area contributed by atoms with Gasteiger partial charge in [0.05, 0.1) is 18.1 Å². The van der Waals surface area contributed by atoms with E-state index in [-0.39, 0.29) is 21.8 Å². The lowest BCUT2D eigenvalue weighted by Crippen LogP contribution is -2.58. The molecule has 1 aromatic carbocycles. The van der Waals surface area contributed by atoms with Crippen molar-refractivity contribution in [3.63, 3.8) is 0 Å². The Bertz CT molecular complexity index is 784. The number of nitrogens with zero attached hydrogens (tertiary/aromatic N) is 2. The Morgan fingerprint density at radius 1 is 1.22 bits per heavy atom. The van der Waals surface area contributed by atoms with Crippen molar-refractivity contribution in [2.24, 2.45) is 0 Å². The zero-order valence-electron chi connectivity index (χ0n) is 15.6. The lowest BCUT2D eigenvalue weighted by atomic mass is 9.79. The van der Waals surface area contributed by atoms with Crippen molar-refractivity contribution in [3.05, 3.63) is 28.3 Å². The molecule has 27 heavy (non-hydrogen) atoms. The Balaban J connectivity index is 1.88. The van der Waals surface area contributed by atoms with Gasteiger partial charge < -0.3 is 10.1 Å². The van der Waals surface area contributed by atoms with Crippen molar-refractivity contribution in [2.45, 2.75) is 42.5 Å². The third-order valence-electron chi connectivity index (χ3n) is 5.66. The van der Waals surface area contributed by atoms with Crippen LogP contribution in [-0.2, 0) is 14.6 Å². The number of morpholine rings is 1. The molecule has 0 spiro atoms. The Morgan fingerprint density at radius 3 is 2.48 bits per heavy atom. The Hall–Kier alpha value is -1.71. The molecule has 0 amide bonds. The number of hydrogen-bond acceptors (Lipinski definition) is 7. The maximum Gasteiger partial charge on any atom is 0.310 e. The normalized spacial score (nSPS) is 20.9. The fourth-order valence-electron chi connectivity index (χ4n) is 4.26. The van der Waals surface area contributed by atoms with Crippen molar-refractivity contribution in [2.75, 3.05) is 44.4 Å². The second-order valence-electron chi connectivity index (χ2n) is 7.42. The van der Waals surface area contributed by atoms with E-state index >= 15 is 0 Å². The van der Waals surface area contributed by atoms with Crippen LogP contribution in [0.1, 0.15) is 32.1 Å². The summed E-state index contributed by atoms with van der Waals surface area (Å²) < 4.78 is 29.4. The molecule has 8 nitrogen and oxygen atoms in total. The number of para-hydroxylation sites is 1. The lowest BCUT2D eigenvalue weighted by Gasteiger charge is -2.48. The Kier molecular flexibility index (Phi) is 6.02. The van der Waals surface area contributed by atoms with E-state index < -0.39 is 14.8 Å². The average molecular weight is 397 g/mol. The quantitative estimate of drug-likeness (QED) is 0.581. The molecule has 0 bridgehead atoms. The maximum absolute atomic E-state index is 12.0. The van der Waals surface area contributed by atoms with Gasteiger partial charge in [0.15, 0.2) is 9.84 Å². The SMILES string of the molecule is CS(=O)(=O)c1cccc(NCC2(N3CCOCC3)CCCCC2)c1[N+](=O)[O-]. The van der Waals surface area contributed by atoms with E-state index in [0.717, 1.165) is 45.0 Å². The summed E-state index contributed by atoms with van der Waals surface area (Å²) in [5, 5.41) is 14.8. The Labute approximate surface area is 160 Å². The molecule has 1 aliphatic heterocycles. The average Bonchev–Trinajstić information content (AvgIpc) is 2.66. The highest BCUT2D eigenvalue weighted by atomic mass is 32.2. The summed E-state index contributed by atoms with van der Waals surface area (Å²) in [4.78, 5) is 13.2. The zero-order chi connectivity index (χ0) is 19.5.